The summed E-state index contributed by atoms with van der Waals surface area (Å²) in [6.07, 6.45) is 3.18. The molecule has 0 spiro atoms. The second kappa shape index (κ2) is 8.65. The molecule has 0 radical (unpaired) electrons. The zero-order chi connectivity index (χ0) is 21.0. The van der Waals surface area contributed by atoms with Gasteiger partial charge in [-0.25, -0.2) is 9.66 Å². The first-order chi connectivity index (χ1) is 13.9. The number of aryl methyl sites for hydroxylation is 1. The number of hydrogen-bond acceptors (Lipinski definition) is 8. The SMILES string of the molecule is COc1ccc(OC)c(Sc2ccc([N+](=O)[O-])cc2C=Nn2cc(C)nc2N)c1. The lowest BCUT2D eigenvalue weighted by atomic mass is 10.2. The maximum atomic E-state index is 11.2. The van der Waals surface area contributed by atoms with Gasteiger partial charge in [0.25, 0.3) is 5.69 Å². The molecule has 0 unspecified atom stereocenters. The van der Waals surface area contributed by atoms with E-state index in [-0.39, 0.29) is 11.6 Å². The largest absolute Gasteiger partial charge is 0.497 e. The highest BCUT2D eigenvalue weighted by atomic mass is 32.2. The minimum atomic E-state index is -0.451. The highest BCUT2D eigenvalue weighted by Crippen LogP contribution is 2.39. The van der Waals surface area contributed by atoms with Gasteiger partial charge in [0.1, 0.15) is 11.5 Å². The molecule has 0 aliphatic heterocycles. The summed E-state index contributed by atoms with van der Waals surface area (Å²) in [5, 5.41) is 15.5. The molecule has 29 heavy (non-hydrogen) atoms. The molecule has 0 aliphatic rings. The van der Waals surface area contributed by atoms with E-state index in [9.17, 15) is 10.1 Å². The number of non-ortho nitro benzene ring substituents is 1. The van der Waals surface area contributed by atoms with Crippen molar-refractivity contribution in [3.8, 4) is 11.5 Å². The fourth-order valence-electron chi connectivity index (χ4n) is 2.55. The van der Waals surface area contributed by atoms with Gasteiger partial charge in [0.05, 0.1) is 42.1 Å². The molecule has 1 aromatic heterocycles. The number of nitrogens with zero attached hydrogens (tertiary/aromatic N) is 4. The number of nitrogen functional groups attached to an aromatic ring is 1. The van der Waals surface area contributed by atoms with E-state index < -0.39 is 4.92 Å². The number of imidazole rings is 1. The van der Waals surface area contributed by atoms with E-state index in [2.05, 4.69) is 10.1 Å². The summed E-state index contributed by atoms with van der Waals surface area (Å²) in [5.41, 5.74) is 7.04. The van der Waals surface area contributed by atoms with E-state index in [1.165, 1.54) is 34.8 Å². The molecule has 1 heterocycles. The molecule has 0 aliphatic carbocycles. The van der Waals surface area contributed by atoms with Crippen LogP contribution in [0.4, 0.5) is 11.6 Å². The number of nitro benzene ring substituents is 1. The molecule has 9 nitrogen and oxygen atoms in total. The Balaban J connectivity index is 2.02. The first-order valence-corrected chi connectivity index (χ1v) is 9.27. The van der Waals surface area contributed by atoms with E-state index >= 15 is 0 Å². The molecule has 0 saturated heterocycles. The molecule has 150 valence electrons. The lowest BCUT2D eigenvalue weighted by Gasteiger charge is -2.11. The molecule has 2 aromatic carbocycles. The van der Waals surface area contributed by atoms with Crippen LogP contribution in [-0.2, 0) is 0 Å². The van der Waals surface area contributed by atoms with Crippen LogP contribution in [-0.4, -0.2) is 35.0 Å². The number of nitrogens with two attached hydrogens (primary N) is 1. The third-order valence-corrected chi connectivity index (χ3v) is 5.08. The Bertz CT molecular complexity index is 1080. The average molecular weight is 413 g/mol. The number of aromatic nitrogens is 2. The number of benzene rings is 2. The van der Waals surface area contributed by atoms with Crippen LogP contribution in [0.5, 0.6) is 11.5 Å². The average Bonchev–Trinajstić information content (AvgIpc) is 3.03. The van der Waals surface area contributed by atoms with Crippen molar-refractivity contribution in [2.24, 2.45) is 5.10 Å². The predicted molar refractivity (Wildman–Crippen MR) is 111 cm³/mol. The maximum Gasteiger partial charge on any atom is 0.270 e. The number of anilines is 1. The van der Waals surface area contributed by atoms with Gasteiger partial charge in [-0.1, -0.05) is 11.8 Å². The number of methoxy groups -OCH3 is 2. The van der Waals surface area contributed by atoms with Gasteiger partial charge in [0.15, 0.2) is 0 Å². The van der Waals surface area contributed by atoms with Crippen molar-refractivity contribution in [2.75, 3.05) is 20.0 Å². The third kappa shape index (κ3) is 4.66. The van der Waals surface area contributed by atoms with Crippen LogP contribution in [0.1, 0.15) is 11.3 Å². The highest BCUT2D eigenvalue weighted by Gasteiger charge is 2.14. The molecule has 0 saturated carbocycles. The Morgan fingerprint density at radius 3 is 2.62 bits per heavy atom. The van der Waals surface area contributed by atoms with Crippen LogP contribution >= 0.6 is 11.8 Å². The Kier molecular flexibility index (Phi) is 6.03. The van der Waals surface area contributed by atoms with E-state index in [0.29, 0.717) is 17.1 Å². The van der Waals surface area contributed by atoms with Crippen LogP contribution in [0.15, 0.2) is 57.5 Å². The van der Waals surface area contributed by atoms with Crippen LogP contribution in [0, 0.1) is 17.0 Å². The molecule has 10 heteroatoms. The summed E-state index contributed by atoms with van der Waals surface area (Å²) in [6, 6.07) is 10.0. The van der Waals surface area contributed by atoms with Crippen LogP contribution in [0.2, 0.25) is 0 Å². The van der Waals surface area contributed by atoms with Crippen LogP contribution < -0.4 is 15.2 Å². The maximum absolute atomic E-state index is 11.2. The first kappa shape index (κ1) is 20.2. The number of ether oxygens (including phenoxy) is 2. The molecule has 0 atom stereocenters. The summed E-state index contributed by atoms with van der Waals surface area (Å²) in [4.78, 5) is 16.4. The van der Waals surface area contributed by atoms with E-state index in [1.807, 2.05) is 6.07 Å². The Hall–Kier alpha value is -3.53. The van der Waals surface area contributed by atoms with Crippen LogP contribution in [0.25, 0.3) is 0 Å². The Morgan fingerprint density at radius 1 is 1.21 bits per heavy atom. The first-order valence-electron chi connectivity index (χ1n) is 8.45. The van der Waals surface area contributed by atoms with E-state index in [1.54, 1.807) is 45.5 Å². The minimum Gasteiger partial charge on any atom is -0.497 e. The van der Waals surface area contributed by atoms with Gasteiger partial charge in [-0.05, 0) is 31.2 Å². The van der Waals surface area contributed by atoms with Crippen molar-refractivity contribution in [3.05, 3.63) is 64.0 Å². The Labute approximate surface area is 171 Å². The van der Waals surface area contributed by atoms with E-state index in [4.69, 9.17) is 15.2 Å². The van der Waals surface area contributed by atoms with Gasteiger partial charge in [-0.3, -0.25) is 10.1 Å². The molecule has 0 bridgehead atoms. The summed E-state index contributed by atoms with van der Waals surface area (Å²) in [6.45, 7) is 1.80. The van der Waals surface area contributed by atoms with Gasteiger partial charge >= 0.3 is 0 Å². The summed E-state index contributed by atoms with van der Waals surface area (Å²) >= 11 is 1.38. The normalized spacial score (nSPS) is 11.0. The number of rotatable bonds is 7. The molecular formula is C19H19N5O4S. The second-order valence-electron chi connectivity index (χ2n) is 5.93. The summed E-state index contributed by atoms with van der Waals surface area (Å²) in [5.74, 6) is 1.56. The van der Waals surface area contributed by atoms with Crippen molar-refractivity contribution in [3.63, 3.8) is 0 Å². The molecule has 0 amide bonds. The highest BCUT2D eigenvalue weighted by molar-refractivity contribution is 7.99. The molecule has 3 rings (SSSR count). The number of nitro groups is 1. The fourth-order valence-corrected chi connectivity index (χ4v) is 3.58. The third-order valence-electron chi connectivity index (χ3n) is 3.95. The monoisotopic (exact) mass is 413 g/mol. The smallest absolute Gasteiger partial charge is 0.270 e. The van der Waals surface area contributed by atoms with Gasteiger partial charge in [-0.2, -0.15) is 5.10 Å². The number of hydrogen-bond donors (Lipinski definition) is 1. The van der Waals surface area contributed by atoms with Gasteiger partial charge in [0.2, 0.25) is 5.95 Å². The molecule has 2 N–H and O–H groups in total. The van der Waals surface area contributed by atoms with Gasteiger partial charge in [-0.15, -0.1) is 0 Å². The van der Waals surface area contributed by atoms with Crippen molar-refractivity contribution in [2.45, 2.75) is 16.7 Å². The quantitative estimate of drug-likeness (QED) is 0.356. The summed E-state index contributed by atoms with van der Waals surface area (Å²) in [7, 11) is 3.16. The molecule has 0 fully saturated rings. The molecular weight excluding hydrogens is 394 g/mol. The molecule has 3 aromatic rings. The standard InChI is InChI=1S/C19H19N5O4S/c1-12-11-23(19(20)22-12)21-10-13-8-14(24(25)26)4-7-17(13)29-18-9-15(27-2)5-6-16(18)28-3/h4-11H,1-3H3,(H2,20,22). The van der Waals surface area contributed by atoms with Crippen molar-refractivity contribution in [1.29, 1.82) is 0 Å². The lowest BCUT2D eigenvalue weighted by Crippen LogP contribution is -1.98. The minimum absolute atomic E-state index is 0.0387. The van der Waals surface area contributed by atoms with Gasteiger partial charge < -0.3 is 15.2 Å². The lowest BCUT2D eigenvalue weighted by molar-refractivity contribution is -0.384. The van der Waals surface area contributed by atoms with Crippen LogP contribution in [0.3, 0.4) is 0 Å². The second-order valence-corrected chi connectivity index (χ2v) is 7.01. The topological polar surface area (TPSA) is 118 Å². The fraction of sp³-hybridized carbons (Fsp3) is 0.158. The Morgan fingerprint density at radius 2 is 2.00 bits per heavy atom. The zero-order valence-corrected chi connectivity index (χ0v) is 16.8. The summed E-state index contributed by atoms with van der Waals surface area (Å²) < 4.78 is 12.1. The van der Waals surface area contributed by atoms with Gasteiger partial charge in [0, 0.05) is 22.6 Å². The zero-order valence-electron chi connectivity index (χ0n) is 16.0. The van der Waals surface area contributed by atoms with Crippen molar-refractivity contribution >= 4 is 29.6 Å². The van der Waals surface area contributed by atoms with Crippen molar-refractivity contribution < 1.29 is 14.4 Å². The van der Waals surface area contributed by atoms with Crippen molar-refractivity contribution in [1.82, 2.24) is 9.66 Å². The van der Waals surface area contributed by atoms with E-state index in [0.717, 1.165) is 15.5 Å². The predicted octanol–water partition coefficient (Wildman–Crippen LogP) is 3.73.